The molecule has 0 aromatic carbocycles. The molecule has 0 unspecified atom stereocenters. The van der Waals surface area contributed by atoms with E-state index in [9.17, 15) is 0 Å². The standard InChI is InChI=1S/3C16H36P.3BrH/c3*1-5-9-13-17(14-10-6-2,15-11-7-3)16-12-8-4;;;/h3*5-16H2,1-4H3;3*1H/q3*+1;;;/p-3. The van der Waals surface area contributed by atoms with E-state index in [1.807, 2.05) is 0 Å². The van der Waals surface area contributed by atoms with Crippen LogP contribution in [0.25, 0.3) is 0 Å². The highest BCUT2D eigenvalue weighted by atomic mass is 79.9. The van der Waals surface area contributed by atoms with E-state index < -0.39 is 21.8 Å². The van der Waals surface area contributed by atoms with Gasteiger partial charge in [0.2, 0.25) is 0 Å². The molecule has 0 bridgehead atoms. The third-order valence-electron chi connectivity index (χ3n) is 11.8. The Morgan fingerprint density at radius 3 is 0.296 bits per heavy atom. The summed E-state index contributed by atoms with van der Waals surface area (Å²) in [7, 11) is -1.69. The Hall–Kier alpha value is 2.73. The molecule has 0 aliphatic heterocycles. The van der Waals surface area contributed by atoms with Crippen LogP contribution in [-0.4, -0.2) is 73.9 Å². The van der Waals surface area contributed by atoms with Crippen molar-refractivity contribution in [3.63, 3.8) is 0 Å². The van der Waals surface area contributed by atoms with Crippen LogP contribution >= 0.6 is 21.8 Å². The van der Waals surface area contributed by atoms with Gasteiger partial charge in [-0.15, -0.1) is 0 Å². The van der Waals surface area contributed by atoms with Gasteiger partial charge < -0.3 is 50.9 Å². The first kappa shape index (κ1) is 68.5. The maximum atomic E-state index is 2.36. The van der Waals surface area contributed by atoms with Crippen molar-refractivity contribution in [1.82, 2.24) is 0 Å². The molecule has 0 aromatic rings. The average Bonchev–Trinajstić information content (AvgIpc) is 3.16. The number of rotatable bonds is 36. The Labute approximate surface area is 381 Å². The summed E-state index contributed by atoms with van der Waals surface area (Å²) >= 11 is 0. The molecule has 0 aliphatic rings. The number of unbranched alkanes of at least 4 members (excludes halogenated alkanes) is 12. The van der Waals surface area contributed by atoms with Gasteiger partial charge in [0.15, 0.2) is 0 Å². The molecule has 0 aliphatic carbocycles. The van der Waals surface area contributed by atoms with Gasteiger partial charge in [-0.3, -0.25) is 0 Å². The van der Waals surface area contributed by atoms with E-state index in [-0.39, 0.29) is 50.9 Å². The molecule has 0 atom stereocenters. The molecule has 0 radical (unpaired) electrons. The van der Waals surface area contributed by atoms with Crippen molar-refractivity contribution in [1.29, 1.82) is 0 Å². The topological polar surface area (TPSA) is 0 Å². The molecule has 0 amide bonds. The fourth-order valence-corrected chi connectivity index (χ4v) is 23.8. The molecular formula is C48H108Br3P3. The second-order valence-electron chi connectivity index (χ2n) is 17.0. The maximum Gasteiger partial charge on any atom is 0.0594 e. The van der Waals surface area contributed by atoms with E-state index >= 15 is 0 Å². The molecule has 336 valence electrons. The van der Waals surface area contributed by atoms with Gasteiger partial charge in [-0.05, 0) is 77.0 Å². The molecule has 54 heavy (non-hydrogen) atoms. The van der Waals surface area contributed by atoms with E-state index in [0.717, 1.165) is 0 Å². The van der Waals surface area contributed by atoms with Gasteiger partial charge in [-0.1, -0.05) is 160 Å². The summed E-state index contributed by atoms with van der Waals surface area (Å²) in [6.07, 6.45) is 53.8. The van der Waals surface area contributed by atoms with Crippen LogP contribution in [0.15, 0.2) is 0 Å². The Balaban J connectivity index is -0.000000156. The van der Waals surface area contributed by atoms with Crippen LogP contribution in [0.5, 0.6) is 0 Å². The molecule has 0 nitrogen and oxygen atoms in total. The van der Waals surface area contributed by atoms with Crippen LogP contribution in [0.2, 0.25) is 0 Å². The normalized spacial score (nSPS) is 11.3. The average molecular weight is 1020 g/mol. The van der Waals surface area contributed by atoms with Crippen LogP contribution < -0.4 is 50.9 Å². The molecule has 0 spiro atoms. The SMILES string of the molecule is CCCC[P+](CCCC)(CCCC)CCCC.CCCC[P+](CCCC)(CCCC)CCCC.CCCC[P+](CCCC)(CCCC)CCCC.[Br-].[Br-].[Br-]. The predicted octanol–water partition coefficient (Wildman–Crippen LogP) is 9.63. The lowest BCUT2D eigenvalue weighted by Crippen LogP contribution is -3.00. The first-order chi connectivity index (χ1) is 24.7. The summed E-state index contributed by atoms with van der Waals surface area (Å²) in [4.78, 5) is 0. The largest absolute Gasteiger partial charge is 1.00 e. The molecular weight excluding hydrogens is 909 g/mol. The Kier molecular flexibility index (Phi) is 65.8. The Bertz CT molecular complexity index is 451. The summed E-state index contributed by atoms with van der Waals surface area (Å²) in [5, 5.41) is 0. The van der Waals surface area contributed by atoms with Gasteiger partial charge in [0.25, 0.3) is 0 Å². The first-order valence-corrected chi connectivity index (χ1v) is 31.9. The lowest BCUT2D eigenvalue weighted by molar-refractivity contribution is -0.001000. The molecule has 0 saturated heterocycles. The number of hydrogen-bond acceptors (Lipinski definition) is 0. The monoisotopic (exact) mass is 1010 g/mol. The lowest BCUT2D eigenvalue weighted by Gasteiger charge is -2.28. The first-order valence-electron chi connectivity index (χ1n) is 24.3. The maximum absolute atomic E-state index is 2.36. The van der Waals surface area contributed by atoms with Crippen LogP contribution in [0.4, 0.5) is 0 Å². The zero-order valence-corrected chi connectivity index (χ0v) is 47.4. The summed E-state index contributed by atoms with van der Waals surface area (Å²) in [6.45, 7) is 28.3. The number of hydrogen-bond donors (Lipinski definition) is 0. The van der Waals surface area contributed by atoms with Crippen LogP contribution in [0.3, 0.4) is 0 Å². The Morgan fingerprint density at radius 2 is 0.241 bits per heavy atom. The number of halogens is 3. The highest BCUT2D eigenvalue weighted by molar-refractivity contribution is 7.76. The second-order valence-corrected chi connectivity index (χ2v) is 30.4. The van der Waals surface area contributed by atoms with Crippen LogP contribution in [-0.2, 0) is 0 Å². The van der Waals surface area contributed by atoms with Gasteiger partial charge in [-0.25, -0.2) is 0 Å². The van der Waals surface area contributed by atoms with Crippen LogP contribution in [0, 0.1) is 0 Å². The quantitative estimate of drug-likeness (QED) is 0.0550. The molecule has 0 N–H and O–H groups in total. The minimum atomic E-state index is -0.562. The smallest absolute Gasteiger partial charge is 0.0594 e. The van der Waals surface area contributed by atoms with Gasteiger partial charge in [-0.2, -0.15) is 0 Å². The predicted molar refractivity (Wildman–Crippen MR) is 258 cm³/mol. The van der Waals surface area contributed by atoms with Gasteiger partial charge in [0.05, 0.1) is 73.9 Å². The van der Waals surface area contributed by atoms with Crippen molar-refractivity contribution in [2.45, 2.75) is 237 Å². The van der Waals surface area contributed by atoms with Crippen molar-refractivity contribution in [3.8, 4) is 0 Å². The molecule has 0 aromatic heterocycles. The van der Waals surface area contributed by atoms with Gasteiger partial charge in [0.1, 0.15) is 0 Å². The summed E-state index contributed by atoms with van der Waals surface area (Å²) in [5.41, 5.74) is 0. The van der Waals surface area contributed by atoms with Crippen LogP contribution in [0.1, 0.15) is 237 Å². The van der Waals surface area contributed by atoms with Gasteiger partial charge >= 0.3 is 0 Å². The van der Waals surface area contributed by atoms with Crippen molar-refractivity contribution in [2.75, 3.05) is 73.9 Å². The van der Waals surface area contributed by atoms with E-state index in [2.05, 4.69) is 83.1 Å². The summed E-state index contributed by atoms with van der Waals surface area (Å²) in [5.74, 6) is 0. The third-order valence-corrected chi connectivity index (χ3v) is 27.0. The van der Waals surface area contributed by atoms with Crippen molar-refractivity contribution in [3.05, 3.63) is 0 Å². The second kappa shape index (κ2) is 51.9. The van der Waals surface area contributed by atoms with E-state index in [1.165, 1.54) is 154 Å². The zero-order valence-electron chi connectivity index (χ0n) is 39.9. The van der Waals surface area contributed by atoms with Crippen molar-refractivity contribution < 1.29 is 50.9 Å². The fraction of sp³-hybridized carbons (Fsp3) is 1.00. The summed E-state index contributed by atoms with van der Waals surface area (Å²) < 4.78 is 0. The van der Waals surface area contributed by atoms with Gasteiger partial charge in [0, 0.05) is 21.8 Å². The lowest BCUT2D eigenvalue weighted by atomic mass is 10.4. The van der Waals surface area contributed by atoms with E-state index in [0.29, 0.717) is 0 Å². The molecule has 0 heterocycles. The van der Waals surface area contributed by atoms with E-state index in [4.69, 9.17) is 0 Å². The highest BCUT2D eigenvalue weighted by Crippen LogP contribution is 2.63. The van der Waals surface area contributed by atoms with Crippen molar-refractivity contribution in [2.24, 2.45) is 0 Å². The molecule has 0 saturated carbocycles. The minimum absolute atomic E-state index is 0. The highest BCUT2D eigenvalue weighted by Gasteiger charge is 2.36. The third kappa shape index (κ3) is 40.2. The Morgan fingerprint density at radius 1 is 0.167 bits per heavy atom. The molecule has 0 rings (SSSR count). The molecule has 0 fully saturated rings. The zero-order chi connectivity index (χ0) is 39.0. The molecule has 6 heteroatoms. The van der Waals surface area contributed by atoms with E-state index in [1.54, 1.807) is 73.9 Å². The fourth-order valence-electron chi connectivity index (χ4n) is 7.93. The van der Waals surface area contributed by atoms with Crippen molar-refractivity contribution >= 4 is 21.8 Å². The summed E-state index contributed by atoms with van der Waals surface area (Å²) in [6, 6.07) is 0. The minimum Gasteiger partial charge on any atom is -1.00 e.